The molecular weight excluding hydrogens is 452 g/mol. The highest BCUT2D eigenvalue weighted by Crippen LogP contribution is 2.32. The molecule has 34 heavy (non-hydrogen) atoms. The van der Waals surface area contributed by atoms with Gasteiger partial charge in [-0.3, -0.25) is 14.5 Å². The number of methoxy groups -OCH3 is 1. The van der Waals surface area contributed by atoms with E-state index in [1.807, 2.05) is 11.6 Å². The zero-order valence-corrected chi connectivity index (χ0v) is 21.1. The Morgan fingerprint density at radius 3 is 2.76 bits per heavy atom. The molecule has 4 rings (SSSR count). The summed E-state index contributed by atoms with van der Waals surface area (Å²) >= 11 is 1.64. The van der Waals surface area contributed by atoms with Crippen LogP contribution in [0.25, 0.3) is 0 Å². The van der Waals surface area contributed by atoms with Gasteiger partial charge in [-0.25, -0.2) is 4.98 Å². The third-order valence-corrected chi connectivity index (χ3v) is 7.38. The molecule has 1 aromatic heterocycles. The number of aromatic nitrogens is 1. The number of nitrogens with zero attached hydrogens (tertiary/aromatic N) is 3. The molecule has 0 saturated heterocycles. The number of ether oxygens (including phenoxy) is 2. The molecular formula is C25H34N4O4S. The maximum absolute atomic E-state index is 13.3. The molecule has 8 nitrogen and oxygen atoms in total. The van der Waals surface area contributed by atoms with Crippen molar-refractivity contribution >= 4 is 28.8 Å². The molecule has 3 atom stereocenters. The first-order chi connectivity index (χ1) is 16.4. The van der Waals surface area contributed by atoms with Crippen molar-refractivity contribution in [3.63, 3.8) is 0 Å². The number of fused-ring (bicyclic) bond motifs is 1. The van der Waals surface area contributed by atoms with Gasteiger partial charge in [-0.1, -0.05) is 6.92 Å². The van der Waals surface area contributed by atoms with Crippen molar-refractivity contribution in [3.8, 4) is 5.75 Å². The topological polar surface area (TPSA) is 84.0 Å². The van der Waals surface area contributed by atoms with Crippen LogP contribution in [-0.2, 0) is 16.1 Å². The molecule has 1 aliphatic heterocycles. The van der Waals surface area contributed by atoms with Crippen molar-refractivity contribution in [2.45, 2.75) is 45.4 Å². The number of hydrogen-bond acceptors (Lipinski definition) is 7. The average Bonchev–Trinajstić information content (AvgIpc) is 3.56. The number of carbonyl (C=O) groups is 2. The van der Waals surface area contributed by atoms with Crippen molar-refractivity contribution in [1.29, 1.82) is 0 Å². The van der Waals surface area contributed by atoms with Gasteiger partial charge in [0.05, 0.1) is 18.2 Å². The fourth-order valence-corrected chi connectivity index (χ4v) is 4.88. The van der Waals surface area contributed by atoms with Crippen LogP contribution in [0.4, 0.5) is 5.69 Å². The third kappa shape index (κ3) is 5.95. The molecule has 9 heteroatoms. The van der Waals surface area contributed by atoms with Crippen molar-refractivity contribution in [1.82, 2.24) is 14.8 Å². The van der Waals surface area contributed by atoms with E-state index < -0.39 is 0 Å². The number of hydrogen-bond donors (Lipinski definition) is 1. The Morgan fingerprint density at radius 2 is 2.09 bits per heavy atom. The van der Waals surface area contributed by atoms with Crippen LogP contribution in [0.2, 0.25) is 0 Å². The van der Waals surface area contributed by atoms with Gasteiger partial charge < -0.3 is 19.7 Å². The number of carbonyl (C=O) groups excluding carboxylic acids is 2. The van der Waals surface area contributed by atoms with Crippen LogP contribution in [-0.4, -0.2) is 72.6 Å². The highest BCUT2D eigenvalue weighted by Gasteiger charge is 2.31. The first-order valence-electron chi connectivity index (χ1n) is 11.8. The highest BCUT2D eigenvalue weighted by atomic mass is 32.1. The zero-order valence-electron chi connectivity index (χ0n) is 20.3. The summed E-state index contributed by atoms with van der Waals surface area (Å²) in [4.78, 5) is 34.1. The van der Waals surface area contributed by atoms with Crippen molar-refractivity contribution in [2.24, 2.45) is 11.8 Å². The molecule has 0 bridgehead atoms. The maximum atomic E-state index is 13.3. The summed E-state index contributed by atoms with van der Waals surface area (Å²) in [5.74, 6) is 0.673. The Hall–Kier alpha value is -2.49. The fourth-order valence-electron chi connectivity index (χ4n) is 4.24. The molecule has 1 aliphatic carbocycles. The lowest BCUT2D eigenvalue weighted by Crippen LogP contribution is -2.46. The number of amides is 2. The van der Waals surface area contributed by atoms with Crippen LogP contribution in [0.1, 0.15) is 42.1 Å². The van der Waals surface area contributed by atoms with Crippen LogP contribution in [0.3, 0.4) is 0 Å². The summed E-state index contributed by atoms with van der Waals surface area (Å²) in [5, 5.41) is 6.00. The van der Waals surface area contributed by atoms with Gasteiger partial charge in [0.15, 0.2) is 0 Å². The summed E-state index contributed by atoms with van der Waals surface area (Å²) in [7, 11) is 3.49. The van der Waals surface area contributed by atoms with Gasteiger partial charge >= 0.3 is 0 Å². The normalized spacial score (nSPS) is 24.5. The molecule has 0 radical (unpaired) electrons. The summed E-state index contributed by atoms with van der Waals surface area (Å²) in [6.45, 7) is 6.66. The van der Waals surface area contributed by atoms with E-state index in [1.54, 1.807) is 48.6 Å². The summed E-state index contributed by atoms with van der Waals surface area (Å²) in [5.41, 5.74) is 1.13. The number of rotatable bonds is 5. The van der Waals surface area contributed by atoms with Gasteiger partial charge in [-0.15, -0.1) is 11.3 Å². The fraction of sp³-hybridized carbons (Fsp3) is 0.560. The Balaban J connectivity index is 1.62. The predicted octanol–water partition coefficient (Wildman–Crippen LogP) is 3.50. The first-order valence-corrected chi connectivity index (χ1v) is 12.7. The van der Waals surface area contributed by atoms with E-state index in [-0.39, 0.29) is 35.8 Å². The first kappa shape index (κ1) is 24.6. The Labute approximate surface area is 205 Å². The van der Waals surface area contributed by atoms with E-state index in [4.69, 9.17) is 9.47 Å². The van der Waals surface area contributed by atoms with Crippen LogP contribution in [0.5, 0.6) is 5.75 Å². The largest absolute Gasteiger partial charge is 0.491 e. The molecule has 0 spiro atoms. The van der Waals surface area contributed by atoms with Crippen LogP contribution in [0.15, 0.2) is 29.8 Å². The molecule has 184 valence electrons. The van der Waals surface area contributed by atoms with E-state index in [2.05, 4.69) is 29.0 Å². The lowest BCUT2D eigenvalue weighted by atomic mass is 10.0. The molecule has 2 aliphatic rings. The maximum Gasteiger partial charge on any atom is 0.257 e. The van der Waals surface area contributed by atoms with E-state index >= 15 is 0 Å². The number of likely N-dealkylation sites (N-methyl/N-ethyl adjacent to an activating group) is 1. The number of nitrogens with one attached hydrogen (secondary N) is 1. The second kappa shape index (κ2) is 10.8. The van der Waals surface area contributed by atoms with Gasteiger partial charge in [-0.2, -0.15) is 0 Å². The predicted molar refractivity (Wildman–Crippen MR) is 132 cm³/mol. The number of thiazole rings is 1. The second-order valence-electron chi connectivity index (χ2n) is 9.43. The standard InChI is InChI=1S/C25H34N4O4S/c1-16-12-29(14-23-26-9-10-34-23)17(2)15-33-21-11-19(27-24(30)18-5-6-18)7-8-20(21)25(31)28(3)13-22(16)32-4/h7-11,16-18,22H,5-6,12-15H2,1-4H3,(H,27,30)/t16-,17+,22-/m0/s1. The Kier molecular flexibility index (Phi) is 7.85. The molecule has 2 amide bonds. The highest BCUT2D eigenvalue weighted by molar-refractivity contribution is 7.09. The zero-order chi connectivity index (χ0) is 24.2. The van der Waals surface area contributed by atoms with E-state index in [0.717, 1.165) is 30.9 Å². The minimum Gasteiger partial charge on any atom is -0.491 e. The summed E-state index contributed by atoms with van der Waals surface area (Å²) in [6.07, 6.45) is 3.58. The molecule has 0 unspecified atom stereocenters. The van der Waals surface area contributed by atoms with Gasteiger partial charge in [0, 0.05) is 62.5 Å². The summed E-state index contributed by atoms with van der Waals surface area (Å²) in [6, 6.07) is 5.36. The molecule has 1 aromatic carbocycles. The second-order valence-corrected chi connectivity index (χ2v) is 10.4. The molecule has 2 heterocycles. The van der Waals surface area contributed by atoms with E-state index in [0.29, 0.717) is 30.2 Å². The van der Waals surface area contributed by atoms with Crippen molar-refractivity contribution in [3.05, 3.63) is 40.3 Å². The monoisotopic (exact) mass is 486 g/mol. The SMILES string of the molecule is CO[C@H]1CN(C)C(=O)c2ccc(NC(=O)C3CC3)cc2OC[C@@H](C)N(Cc2nccs2)C[C@@H]1C. The molecule has 1 N–H and O–H groups in total. The van der Waals surface area contributed by atoms with Crippen molar-refractivity contribution in [2.75, 3.05) is 39.2 Å². The number of benzene rings is 1. The lowest BCUT2D eigenvalue weighted by Gasteiger charge is -2.35. The lowest BCUT2D eigenvalue weighted by molar-refractivity contribution is -0.117. The Morgan fingerprint density at radius 1 is 1.29 bits per heavy atom. The third-order valence-electron chi connectivity index (χ3n) is 6.61. The van der Waals surface area contributed by atoms with E-state index in [9.17, 15) is 9.59 Å². The van der Waals surface area contributed by atoms with Gasteiger partial charge in [0.2, 0.25) is 5.91 Å². The van der Waals surface area contributed by atoms with Crippen LogP contribution < -0.4 is 10.1 Å². The van der Waals surface area contributed by atoms with E-state index in [1.165, 1.54) is 0 Å². The summed E-state index contributed by atoms with van der Waals surface area (Å²) < 4.78 is 12.1. The molecule has 1 fully saturated rings. The quantitative estimate of drug-likeness (QED) is 0.697. The van der Waals surface area contributed by atoms with Gasteiger partial charge in [-0.05, 0) is 37.8 Å². The molecule has 1 saturated carbocycles. The minimum atomic E-state index is -0.128. The smallest absolute Gasteiger partial charge is 0.257 e. The van der Waals surface area contributed by atoms with Crippen molar-refractivity contribution < 1.29 is 19.1 Å². The van der Waals surface area contributed by atoms with Crippen LogP contribution in [0, 0.1) is 11.8 Å². The average molecular weight is 487 g/mol. The minimum absolute atomic E-state index is 0.0245. The Bertz CT molecular complexity index is 995. The molecule has 2 aromatic rings. The number of anilines is 1. The van der Waals surface area contributed by atoms with Gasteiger partial charge in [0.1, 0.15) is 17.4 Å². The van der Waals surface area contributed by atoms with Crippen LogP contribution >= 0.6 is 11.3 Å². The van der Waals surface area contributed by atoms with Gasteiger partial charge in [0.25, 0.3) is 5.91 Å².